The first-order chi connectivity index (χ1) is 20.5. The molecule has 0 radical (unpaired) electrons. The molecule has 42 heavy (non-hydrogen) atoms. The molecule has 2 atom stereocenters. The van der Waals surface area contributed by atoms with Crippen molar-refractivity contribution in [3.05, 3.63) is 131 Å². The van der Waals surface area contributed by atoms with E-state index >= 15 is 0 Å². The van der Waals surface area contributed by atoms with Gasteiger partial charge in [-0.1, -0.05) is 25.1 Å². The summed E-state index contributed by atoms with van der Waals surface area (Å²) in [5, 5.41) is 4.25. The van der Waals surface area contributed by atoms with Crippen LogP contribution in [-0.2, 0) is 6.42 Å². The zero-order chi connectivity index (χ0) is 29.2. The van der Waals surface area contributed by atoms with E-state index in [-0.39, 0.29) is 12.1 Å². The van der Waals surface area contributed by atoms with Gasteiger partial charge in [-0.15, -0.1) is 0 Å². The summed E-state index contributed by atoms with van der Waals surface area (Å²) in [5.74, 6) is 2.28. The quantitative estimate of drug-likeness (QED) is 0.189. The third-order valence-corrected chi connectivity index (χ3v) is 8.21. The lowest BCUT2D eigenvalue weighted by Crippen LogP contribution is -2.29. The molecule has 1 aliphatic rings. The maximum atomic E-state index is 6.09. The van der Waals surface area contributed by atoms with Crippen LogP contribution in [0.5, 0.6) is 17.2 Å². The summed E-state index contributed by atoms with van der Waals surface area (Å²) in [6.07, 6.45) is 2.86. The number of pyridine rings is 1. The lowest BCUT2D eigenvalue weighted by Gasteiger charge is -2.28. The Morgan fingerprint density at radius 3 is 2.10 bits per heavy atom. The normalized spacial score (nSPS) is 16.4. The minimum atomic E-state index is -0.120. The maximum Gasteiger partial charge on any atom is 0.174 e. The molecular formula is C35H34N4O2S. The zero-order valence-corrected chi connectivity index (χ0v) is 25.1. The number of ether oxygens (including phenoxy) is 2. The summed E-state index contributed by atoms with van der Waals surface area (Å²) >= 11 is 5.98. The zero-order valence-electron chi connectivity index (χ0n) is 24.2. The maximum absolute atomic E-state index is 6.09. The summed E-state index contributed by atoms with van der Waals surface area (Å²) in [7, 11) is 1.65. The number of thiocarbonyl (C=S) groups is 1. The number of aryl methyl sites for hydroxylation is 2. The van der Waals surface area contributed by atoms with Gasteiger partial charge in [-0.25, -0.2) is 0 Å². The molecule has 3 heterocycles. The van der Waals surface area contributed by atoms with Gasteiger partial charge in [0.1, 0.15) is 17.2 Å². The average molecular weight is 575 g/mol. The highest BCUT2D eigenvalue weighted by molar-refractivity contribution is 7.80. The number of benzene rings is 3. The SMILES string of the molecule is CCc1ccc(-n2c(C)cc([C@@H]3[C@H](c4ccccn4)NC(=S)N3c3ccc(Oc4ccc(OC)cc4)cc3)c2C)cc1. The van der Waals surface area contributed by atoms with Gasteiger partial charge in [-0.2, -0.15) is 0 Å². The van der Waals surface area contributed by atoms with E-state index in [1.54, 1.807) is 7.11 Å². The Bertz CT molecular complexity index is 1680. The monoisotopic (exact) mass is 574 g/mol. The Morgan fingerprint density at radius 2 is 1.48 bits per heavy atom. The second kappa shape index (κ2) is 11.7. The molecule has 1 N–H and O–H groups in total. The lowest BCUT2D eigenvalue weighted by atomic mass is 9.96. The topological polar surface area (TPSA) is 51.6 Å². The highest BCUT2D eigenvalue weighted by atomic mass is 32.1. The van der Waals surface area contributed by atoms with Crippen LogP contribution >= 0.6 is 12.2 Å². The molecule has 0 amide bonds. The van der Waals surface area contributed by atoms with Crippen LogP contribution in [0.3, 0.4) is 0 Å². The van der Waals surface area contributed by atoms with Crippen LogP contribution in [0.4, 0.5) is 5.69 Å². The van der Waals surface area contributed by atoms with E-state index in [9.17, 15) is 0 Å². The first-order valence-corrected chi connectivity index (χ1v) is 14.6. The predicted octanol–water partition coefficient (Wildman–Crippen LogP) is 8.03. The van der Waals surface area contributed by atoms with E-state index in [1.165, 1.54) is 22.5 Å². The van der Waals surface area contributed by atoms with Gasteiger partial charge in [0.05, 0.1) is 24.9 Å². The third kappa shape index (κ3) is 5.23. The Balaban J connectivity index is 1.37. The largest absolute Gasteiger partial charge is 0.497 e. The van der Waals surface area contributed by atoms with Crippen LogP contribution in [0.2, 0.25) is 0 Å². The summed E-state index contributed by atoms with van der Waals surface area (Å²) in [4.78, 5) is 6.93. The van der Waals surface area contributed by atoms with Gasteiger partial charge in [-0.3, -0.25) is 4.98 Å². The van der Waals surface area contributed by atoms with Crippen molar-refractivity contribution in [2.45, 2.75) is 39.3 Å². The highest BCUT2D eigenvalue weighted by Crippen LogP contribution is 2.44. The van der Waals surface area contributed by atoms with Gasteiger partial charge in [0.25, 0.3) is 0 Å². The second-order valence-electron chi connectivity index (χ2n) is 10.4. The minimum absolute atomic E-state index is 0.101. The van der Waals surface area contributed by atoms with Crippen molar-refractivity contribution in [2.75, 3.05) is 12.0 Å². The fraction of sp³-hybridized carbons (Fsp3) is 0.200. The second-order valence-corrected chi connectivity index (χ2v) is 10.8. The molecule has 5 aromatic rings. The summed E-state index contributed by atoms with van der Waals surface area (Å²) < 4.78 is 13.7. The minimum Gasteiger partial charge on any atom is -0.497 e. The fourth-order valence-electron chi connectivity index (χ4n) is 5.77. The number of nitrogens with zero attached hydrogens (tertiary/aromatic N) is 3. The Kier molecular flexibility index (Phi) is 7.68. The van der Waals surface area contributed by atoms with E-state index in [2.05, 4.69) is 84.1 Å². The molecule has 7 heteroatoms. The van der Waals surface area contributed by atoms with Crippen molar-refractivity contribution in [2.24, 2.45) is 0 Å². The Morgan fingerprint density at radius 1 is 0.833 bits per heavy atom. The van der Waals surface area contributed by atoms with Crippen LogP contribution in [-0.4, -0.2) is 21.8 Å². The average Bonchev–Trinajstić information content (AvgIpc) is 3.52. The molecule has 0 bridgehead atoms. The molecule has 1 fully saturated rings. The molecule has 6 rings (SSSR count). The fourth-order valence-corrected chi connectivity index (χ4v) is 6.11. The van der Waals surface area contributed by atoms with Gasteiger partial charge in [0, 0.05) is 29.0 Å². The van der Waals surface area contributed by atoms with Crippen LogP contribution in [0, 0.1) is 13.8 Å². The molecule has 0 aliphatic carbocycles. The van der Waals surface area contributed by atoms with Crippen LogP contribution in [0.1, 0.15) is 47.2 Å². The van der Waals surface area contributed by atoms with Crippen LogP contribution < -0.4 is 19.7 Å². The van der Waals surface area contributed by atoms with E-state index in [0.29, 0.717) is 5.11 Å². The molecule has 212 valence electrons. The van der Waals surface area contributed by atoms with Gasteiger partial charge in [-0.05, 0) is 122 Å². The van der Waals surface area contributed by atoms with Crippen molar-refractivity contribution in [3.63, 3.8) is 0 Å². The Hall–Kier alpha value is -4.62. The number of hydrogen-bond donors (Lipinski definition) is 1. The number of anilines is 1. The molecule has 0 spiro atoms. The summed E-state index contributed by atoms with van der Waals surface area (Å²) in [6.45, 7) is 6.53. The molecule has 3 aromatic carbocycles. The van der Waals surface area contributed by atoms with Gasteiger partial charge >= 0.3 is 0 Å². The number of aromatic nitrogens is 2. The lowest BCUT2D eigenvalue weighted by molar-refractivity contribution is 0.413. The first-order valence-electron chi connectivity index (χ1n) is 14.2. The van der Waals surface area contributed by atoms with E-state index in [0.717, 1.165) is 40.7 Å². The predicted molar refractivity (Wildman–Crippen MR) is 172 cm³/mol. The number of methoxy groups -OCH3 is 1. The molecule has 1 aliphatic heterocycles. The van der Waals surface area contributed by atoms with Crippen molar-refractivity contribution >= 4 is 23.0 Å². The standard InChI is InChI=1S/C35H34N4O2S/c1-5-25-9-11-26(12-10-25)38-23(2)22-31(24(38)3)34-33(32-8-6-7-21-36-32)37-35(42)39(34)27-13-15-29(16-14-27)41-30-19-17-28(40-4)18-20-30/h6-22,33-34H,5H2,1-4H3,(H,37,42)/t33-,34+/m0/s1. The third-order valence-electron chi connectivity index (χ3n) is 7.90. The van der Waals surface area contributed by atoms with Gasteiger partial charge in [0.15, 0.2) is 5.11 Å². The van der Waals surface area contributed by atoms with Crippen molar-refractivity contribution in [1.29, 1.82) is 0 Å². The van der Waals surface area contributed by atoms with Gasteiger partial charge < -0.3 is 24.3 Å². The number of hydrogen-bond acceptors (Lipinski definition) is 4. The Labute approximate surface area is 252 Å². The van der Waals surface area contributed by atoms with E-state index in [4.69, 9.17) is 26.7 Å². The molecule has 0 unspecified atom stereocenters. The van der Waals surface area contributed by atoms with Crippen molar-refractivity contribution in [3.8, 4) is 22.9 Å². The van der Waals surface area contributed by atoms with Crippen LogP contribution in [0.25, 0.3) is 5.69 Å². The molecule has 2 aromatic heterocycles. The van der Waals surface area contributed by atoms with Gasteiger partial charge in [0.2, 0.25) is 0 Å². The highest BCUT2D eigenvalue weighted by Gasteiger charge is 2.42. The molecular weight excluding hydrogens is 540 g/mol. The first kappa shape index (κ1) is 27.5. The number of rotatable bonds is 8. The molecule has 1 saturated heterocycles. The van der Waals surface area contributed by atoms with E-state index in [1.807, 2.05) is 54.7 Å². The summed E-state index contributed by atoms with van der Waals surface area (Å²) in [5.41, 5.74) is 7.97. The van der Waals surface area contributed by atoms with Crippen LogP contribution in [0.15, 0.2) is 103 Å². The molecule has 0 saturated carbocycles. The smallest absolute Gasteiger partial charge is 0.174 e. The van der Waals surface area contributed by atoms with E-state index < -0.39 is 0 Å². The van der Waals surface area contributed by atoms with Crippen molar-refractivity contribution < 1.29 is 9.47 Å². The summed E-state index contributed by atoms with van der Waals surface area (Å²) in [6, 6.07) is 32.5. The molecule has 6 nitrogen and oxygen atoms in total. The van der Waals surface area contributed by atoms with Crippen molar-refractivity contribution in [1.82, 2.24) is 14.9 Å². The number of nitrogens with one attached hydrogen (secondary N) is 1.